The minimum absolute atomic E-state index is 0.334. The van der Waals surface area contributed by atoms with Gasteiger partial charge in [0, 0.05) is 17.3 Å². The van der Waals surface area contributed by atoms with E-state index in [2.05, 4.69) is 15.5 Å². The summed E-state index contributed by atoms with van der Waals surface area (Å²) in [5.41, 5.74) is 2.63. The van der Waals surface area contributed by atoms with Crippen molar-refractivity contribution in [1.29, 1.82) is 0 Å². The van der Waals surface area contributed by atoms with E-state index in [1.54, 1.807) is 35.8 Å². The van der Waals surface area contributed by atoms with Gasteiger partial charge in [-0.1, -0.05) is 12.1 Å². The Kier molecular flexibility index (Phi) is 5.14. The predicted molar refractivity (Wildman–Crippen MR) is 111 cm³/mol. The van der Waals surface area contributed by atoms with Gasteiger partial charge in [0.2, 0.25) is 5.91 Å². The molecule has 2 heterocycles. The smallest absolute Gasteiger partial charge is 0.355 e. The maximum absolute atomic E-state index is 13.0. The first kappa shape index (κ1) is 20.5. The zero-order chi connectivity index (χ0) is 22.2. The molecule has 0 saturated heterocycles. The highest BCUT2D eigenvalue weighted by atomic mass is 19.4. The third kappa shape index (κ3) is 4.37. The summed E-state index contributed by atoms with van der Waals surface area (Å²) in [6, 6.07) is 10.7. The van der Waals surface area contributed by atoms with Crippen molar-refractivity contribution in [2.45, 2.75) is 19.6 Å². The molecular formula is C21H18F3N5O2. The van der Waals surface area contributed by atoms with Crippen molar-refractivity contribution in [3.05, 3.63) is 64.7 Å². The van der Waals surface area contributed by atoms with Gasteiger partial charge in [0.1, 0.15) is 13.1 Å². The van der Waals surface area contributed by atoms with Gasteiger partial charge in [-0.2, -0.15) is 18.3 Å². The molecule has 3 N–H and O–H groups in total. The summed E-state index contributed by atoms with van der Waals surface area (Å²) in [5.74, 6) is -0.898. The van der Waals surface area contributed by atoms with Gasteiger partial charge in [-0.15, -0.1) is 0 Å². The Hall–Kier alpha value is -3.82. The lowest BCUT2D eigenvalue weighted by atomic mass is 10.1. The number of benzene rings is 2. The number of pyridine rings is 1. The van der Waals surface area contributed by atoms with Gasteiger partial charge < -0.3 is 15.2 Å². The van der Waals surface area contributed by atoms with Crippen LogP contribution in [0.2, 0.25) is 0 Å². The summed E-state index contributed by atoms with van der Waals surface area (Å²) in [6.45, 7) is -0.0487. The van der Waals surface area contributed by atoms with E-state index in [0.29, 0.717) is 16.5 Å². The second-order valence-corrected chi connectivity index (χ2v) is 7.16. The molecule has 0 atom stereocenters. The molecule has 0 radical (unpaired) electrons. The number of aromatic amines is 1. The number of H-pyrrole nitrogens is 1. The lowest BCUT2D eigenvalue weighted by Gasteiger charge is -2.14. The summed E-state index contributed by atoms with van der Waals surface area (Å²) in [5, 5.41) is 13.8. The van der Waals surface area contributed by atoms with Crippen LogP contribution in [0.25, 0.3) is 21.7 Å². The van der Waals surface area contributed by atoms with Crippen LogP contribution in [0.15, 0.2) is 53.6 Å². The minimum Gasteiger partial charge on any atom is -0.355 e. The number of aromatic nitrogens is 3. The highest BCUT2D eigenvalue weighted by Crippen LogP contribution is 2.28. The van der Waals surface area contributed by atoms with Crippen LogP contribution in [0.1, 0.15) is 5.56 Å². The molecular weight excluding hydrogens is 411 g/mol. The Labute approximate surface area is 173 Å². The fourth-order valence-electron chi connectivity index (χ4n) is 3.35. The number of rotatable bonds is 5. The van der Waals surface area contributed by atoms with E-state index >= 15 is 0 Å². The van der Waals surface area contributed by atoms with E-state index in [1.165, 1.54) is 6.20 Å². The average Bonchev–Trinajstić information content (AvgIpc) is 3.15. The Morgan fingerprint density at radius 2 is 1.97 bits per heavy atom. The van der Waals surface area contributed by atoms with Gasteiger partial charge in [0.05, 0.1) is 22.8 Å². The van der Waals surface area contributed by atoms with Gasteiger partial charge in [-0.05, 0) is 42.1 Å². The number of amides is 1. The number of halogens is 3. The van der Waals surface area contributed by atoms with Crippen molar-refractivity contribution in [3.8, 4) is 0 Å². The SMILES string of the molecule is Cc1cc2[nH]ncc2cc1Nc1cccc2ccn(CC(=O)NCC(F)(F)F)c(=O)c12. The second-order valence-electron chi connectivity index (χ2n) is 7.16. The highest BCUT2D eigenvalue weighted by molar-refractivity contribution is 5.96. The number of hydrogen-bond acceptors (Lipinski definition) is 4. The lowest BCUT2D eigenvalue weighted by Crippen LogP contribution is -2.37. The third-order valence-electron chi connectivity index (χ3n) is 4.86. The van der Waals surface area contributed by atoms with Crippen molar-refractivity contribution in [2.24, 2.45) is 0 Å². The molecule has 160 valence electrons. The lowest BCUT2D eigenvalue weighted by molar-refractivity contribution is -0.138. The number of nitrogens with zero attached hydrogens (tertiary/aromatic N) is 2. The molecule has 31 heavy (non-hydrogen) atoms. The molecule has 0 bridgehead atoms. The van der Waals surface area contributed by atoms with E-state index in [1.807, 2.05) is 19.1 Å². The number of anilines is 2. The van der Waals surface area contributed by atoms with Gasteiger partial charge in [0.25, 0.3) is 5.56 Å². The molecule has 10 heteroatoms. The first-order valence-corrected chi connectivity index (χ1v) is 9.38. The number of hydrogen-bond donors (Lipinski definition) is 3. The van der Waals surface area contributed by atoms with E-state index in [4.69, 9.17) is 0 Å². The van der Waals surface area contributed by atoms with Crippen LogP contribution >= 0.6 is 0 Å². The number of nitrogens with one attached hydrogen (secondary N) is 3. The van der Waals surface area contributed by atoms with Gasteiger partial charge in [0.15, 0.2) is 0 Å². The summed E-state index contributed by atoms with van der Waals surface area (Å²) in [6.07, 6.45) is -1.44. The van der Waals surface area contributed by atoms with Crippen LogP contribution < -0.4 is 16.2 Å². The molecule has 1 amide bonds. The summed E-state index contributed by atoms with van der Waals surface area (Å²) in [7, 11) is 0. The third-order valence-corrected chi connectivity index (χ3v) is 4.86. The normalized spacial score (nSPS) is 11.7. The molecule has 0 fully saturated rings. The average molecular weight is 429 g/mol. The number of fused-ring (bicyclic) bond motifs is 2. The van der Waals surface area contributed by atoms with Crippen LogP contribution in [0.4, 0.5) is 24.5 Å². The fraction of sp³-hybridized carbons (Fsp3) is 0.190. The van der Waals surface area contributed by atoms with Crippen LogP contribution in [-0.4, -0.2) is 33.4 Å². The number of carbonyl (C=O) groups is 1. The largest absolute Gasteiger partial charge is 0.405 e. The number of aryl methyl sites for hydroxylation is 1. The Morgan fingerprint density at radius 1 is 1.16 bits per heavy atom. The Balaban J connectivity index is 1.68. The molecule has 2 aromatic carbocycles. The molecule has 2 aromatic heterocycles. The maximum atomic E-state index is 13.0. The molecule has 4 aromatic rings. The van der Waals surface area contributed by atoms with E-state index in [-0.39, 0.29) is 0 Å². The molecule has 0 saturated carbocycles. The van der Waals surface area contributed by atoms with Crippen LogP contribution in [0, 0.1) is 6.92 Å². The highest BCUT2D eigenvalue weighted by Gasteiger charge is 2.27. The zero-order valence-corrected chi connectivity index (χ0v) is 16.4. The first-order valence-electron chi connectivity index (χ1n) is 9.38. The molecule has 7 nitrogen and oxygen atoms in total. The predicted octanol–water partition coefficient (Wildman–Crippen LogP) is 3.61. The monoisotopic (exact) mass is 429 g/mol. The molecule has 0 aliphatic heterocycles. The van der Waals surface area contributed by atoms with E-state index in [0.717, 1.165) is 26.7 Å². The Morgan fingerprint density at radius 3 is 2.74 bits per heavy atom. The van der Waals surface area contributed by atoms with E-state index in [9.17, 15) is 22.8 Å². The van der Waals surface area contributed by atoms with Crippen LogP contribution in [0.3, 0.4) is 0 Å². The molecule has 0 unspecified atom stereocenters. The van der Waals surface area contributed by atoms with Gasteiger partial charge in [-0.25, -0.2) is 0 Å². The van der Waals surface area contributed by atoms with Crippen LogP contribution in [-0.2, 0) is 11.3 Å². The summed E-state index contributed by atoms with van der Waals surface area (Å²) >= 11 is 0. The molecule has 0 aliphatic rings. The van der Waals surface area contributed by atoms with Gasteiger partial charge >= 0.3 is 6.18 Å². The Bertz CT molecular complexity index is 1340. The van der Waals surface area contributed by atoms with Gasteiger partial charge in [-0.3, -0.25) is 14.7 Å². The number of carbonyl (C=O) groups excluding carboxylic acids is 1. The topological polar surface area (TPSA) is 91.8 Å². The maximum Gasteiger partial charge on any atom is 0.405 e. The summed E-state index contributed by atoms with van der Waals surface area (Å²) < 4.78 is 38.0. The second kappa shape index (κ2) is 7.78. The van der Waals surface area contributed by atoms with Crippen molar-refractivity contribution < 1.29 is 18.0 Å². The van der Waals surface area contributed by atoms with Crippen molar-refractivity contribution in [1.82, 2.24) is 20.1 Å². The van der Waals surface area contributed by atoms with Crippen LogP contribution in [0.5, 0.6) is 0 Å². The summed E-state index contributed by atoms with van der Waals surface area (Å²) in [4.78, 5) is 24.9. The zero-order valence-electron chi connectivity index (χ0n) is 16.4. The quantitative estimate of drug-likeness (QED) is 0.452. The number of alkyl halides is 3. The first-order chi connectivity index (χ1) is 14.7. The van der Waals surface area contributed by atoms with Crippen molar-refractivity contribution >= 4 is 39.0 Å². The minimum atomic E-state index is -4.52. The van der Waals surface area contributed by atoms with E-state index < -0.39 is 30.7 Å². The standard InChI is InChI=1S/C21H18F3N5O2/c1-12-7-17-14(9-26-28-17)8-16(12)27-15-4-2-3-13-5-6-29(20(31)19(13)15)10-18(30)25-11-21(22,23)24/h2-9,27H,10-11H2,1H3,(H,25,30)(H,26,28). The molecule has 0 aliphatic carbocycles. The molecule has 0 spiro atoms. The van der Waals surface area contributed by atoms with Crippen molar-refractivity contribution in [3.63, 3.8) is 0 Å². The van der Waals surface area contributed by atoms with Crippen molar-refractivity contribution in [2.75, 3.05) is 11.9 Å². The fourth-order valence-corrected chi connectivity index (χ4v) is 3.35. The molecule has 4 rings (SSSR count).